The molecule has 1 N–H and O–H groups in total. The van der Waals surface area contributed by atoms with Gasteiger partial charge in [0, 0.05) is 37.5 Å². The Morgan fingerprint density at radius 2 is 1.93 bits per heavy atom. The molecule has 1 aliphatic carbocycles. The Hall–Kier alpha value is -2.47. The molecule has 6 heteroatoms. The first-order valence-corrected chi connectivity index (χ1v) is 10.3. The van der Waals surface area contributed by atoms with E-state index in [0.717, 1.165) is 51.1 Å². The average molecular weight is 378 g/mol. The molecule has 28 heavy (non-hydrogen) atoms. The number of piperidine rings is 1. The smallest absolute Gasteiger partial charge is 0.249 e. The minimum absolute atomic E-state index is 0.0458. The molecule has 0 saturated carbocycles. The van der Waals surface area contributed by atoms with Gasteiger partial charge >= 0.3 is 0 Å². The van der Waals surface area contributed by atoms with E-state index in [1.54, 1.807) is 12.4 Å². The zero-order valence-corrected chi connectivity index (χ0v) is 16.0. The summed E-state index contributed by atoms with van der Waals surface area (Å²) in [6, 6.07) is 10.6. The van der Waals surface area contributed by atoms with Crippen LogP contribution in [0.4, 0.5) is 5.95 Å². The van der Waals surface area contributed by atoms with Gasteiger partial charge in [-0.15, -0.1) is 0 Å². The molecule has 0 radical (unpaired) electrons. The maximum atomic E-state index is 12.7. The van der Waals surface area contributed by atoms with Gasteiger partial charge in [0.15, 0.2) is 0 Å². The lowest BCUT2D eigenvalue weighted by molar-refractivity contribution is -0.130. The van der Waals surface area contributed by atoms with Crippen molar-refractivity contribution in [3.8, 4) is 0 Å². The first-order chi connectivity index (χ1) is 13.8. The topological polar surface area (TPSA) is 67.4 Å². The standard InChI is InChI=1S/C22H26N4O2/c27-20(19-7-3-14-28-19)25-18-15-22(17-6-2-1-5-16(17)18)8-12-26(13-9-22)21-23-10-4-11-24-21/h1-2,4-6,10-11,18-19H,3,7-9,12-15H2,(H,25,27)/t18?,19-/m0/s1. The third kappa shape index (κ3) is 3.05. The fourth-order valence-electron chi connectivity index (χ4n) is 5.14. The second kappa shape index (κ2) is 7.17. The molecule has 1 aromatic carbocycles. The minimum atomic E-state index is -0.277. The number of anilines is 1. The van der Waals surface area contributed by atoms with E-state index in [4.69, 9.17) is 4.74 Å². The molecule has 146 valence electrons. The molecule has 1 aromatic heterocycles. The van der Waals surface area contributed by atoms with Gasteiger partial charge in [0.1, 0.15) is 6.10 Å². The van der Waals surface area contributed by atoms with Gasteiger partial charge in [-0.05, 0) is 49.3 Å². The Labute approximate surface area is 165 Å². The predicted molar refractivity (Wildman–Crippen MR) is 106 cm³/mol. The number of aromatic nitrogens is 2. The van der Waals surface area contributed by atoms with Gasteiger partial charge in [0.05, 0.1) is 6.04 Å². The SMILES string of the molecule is O=C(NC1CC2(CCN(c3ncccn3)CC2)c2ccccc21)[C@@H]1CCCO1. The van der Waals surface area contributed by atoms with E-state index in [-0.39, 0.29) is 23.5 Å². The number of rotatable bonds is 3. The highest BCUT2D eigenvalue weighted by atomic mass is 16.5. The van der Waals surface area contributed by atoms with Crippen LogP contribution >= 0.6 is 0 Å². The number of nitrogens with zero attached hydrogens (tertiary/aromatic N) is 3. The van der Waals surface area contributed by atoms with E-state index in [1.807, 2.05) is 6.07 Å². The van der Waals surface area contributed by atoms with Crippen LogP contribution in [0.15, 0.2) is 42.7 Å². The van der Waals surface area contributed by atoms with Gasteiger partial charge in [0.25, 0.3) is 0 Å². The zero-order chi connectivity index (χ0) is 19.0. The third-order valence-corrected chi connectivity index (χ3v) is 6.60. The Bertz CT molecular complexity index is 843. The Morgan fingerprint density at radius 3 is 2.68 bits per heavy atom. The summed E-state index contributed by atoms with van der Waals surface area (Å²) in [6.07, 6.45) is 8.19. The van der Waals surface area contributed by atoms with E-state index in [9.17, 15) is 4.79 Å². The molecular weight excluding hydrogens is 352 g/mol. The van der Waals surface area contributed by atoms with Gasteiger partial charge < -0.3 is 15.0 Å². The van der Waals surface area contributed by atoms with E-state index >= 15 is 0 Å². The van der Waals surface area contributed by atoms with Crippen molar-refractivity contribution < 1.29 is 9.53 Å². The fourth-order valence-corrected chi connectivity index (χ4v) is 5.14. The highest BCUT2D eigenvalue weighted by Gasteiger charge is 2.46. The maximum absolute atomic E-state index is 12.7. The number of amides is 1. The molecule has 3 heterocycles. The van der Waals surface area contributed by atoms with Crippen molar-refractivity contribution in [2.24, 2.45) is 0 Å². The van der Waals surface area contributed by atoms with Crippen LogP contribution in [-0.2, 0) is 14.9 Å². The molecular formula is C22H26N4O2. The number of hydrogen-bond donors (Lipinski definition) is 1. The van der Waals surface area contributed by atoms with E-state index < -0.39 is 0 Å². The Kier molecular flexibility index (Phi) is 4.51. The van der Waals surface area contributed by atoms with Crippen LogP contribution in [-0.4, -0.2) is 41.7 Å². The summed E-state index contributed by atoms with van der Waals surface area (Å²) in [5.41, 5.74) is 2.80. The van der Waals surface area contributed by atoms with Gasteiger partial charge in [0.2, 0.25) is 11.9 Å². The summed E-state index contributed by atoms with van der Waals surface area (Å²) in [6.45, 7) is 2.57. The largest absolute Gasteiger partial charge is 0.368 e. The number of benzene rings is 1. The number of fused-ring (bicyclic) bond motifs is 2. The summed E-state index contributed by atoms with van der Waals surface area (Å²) in [5, 5.41) is 3.29. The lowest BCUT2D eigenvalue weighted by Gasteiger charge is -2.40. The van der Waals surface area contributed by atoms with E-state index in [0.29, 0.717) is 6.61 Å². The maximum Gasteiger partial charge on any atom is 0.249 e. The zero-order valence-electron chi connectivity index (χ0n) is 16.0. The normalized spacial score (nSPS) is 25.6. The van der Waals surface area contributed by atoms with Crippen molar-refractivity contribution in [3.05, 3.63) is 53.9 Å². The van der Waals surface area contributed by atoms with Crippen molar-refractivity contribution >= 4 is 11.9 Å². The second-order valence-corrected chi connectivity index (χ2v) is 8.17. The Morgan fingerprint density at radius 1 is 1.14 bits per heavy atom. The molecule has 2 fully saturated rings. The van der Waals surface area contributed by atoms with Crippen LogP contribution in [0.3, 0.4) is 0 Å². The van der Waals surface area contributed by atoms with E-state index in [1.165, 1.54) is 11.1 Å². The molecule has 0 bridgehead atoms. The van der Waals surface area contributed by atoms with Crippen molar-refractivity contribution in [3.63, 3.8) is 0 Å². The van der Waals surface area contributed by atoms with Crippen molar-refractivity contribution in [1.82, 2.24) is 15.3 Å². The van der Waals surface area contributed by atoms with Gasteiger partial charge in [-0.25, -0.2) is 9.97 Å². The fraction of sp³-hybridized carbons (Fsp3) is 0.500. The molecule has 2 aliphatic heterocycles. The number of hydrogen-bond acceptors (Lipinski definition) is 5. The summed E-state index contributed by atoms with van der Waals surface area (Å²) >= 11 is 0. The van der Waals surface area contributed by atoms with E-state index in [2.05, 4.69) is 44.5 Å². The lowest BCUT2D eigenvalue weighted by Crippen LogP contribution is -2.43. The molecule has 1 unspecified atom stereocenters. The quantitative estimate of drug-likeness (QED) is 0.890. The minimum Gasteiger partial charge on any atom is -0.368 e. The molecule has 1 spiro atoms. The summed E-state index contributed by atoms with van der Waals surface area (Å²) in [7, 11) is 0. The average Bonchev–Trinajstić information content (AvgIpc) is 3.38. The number of carbonyl (C=O) groups excluding carboxylic acids is 1. The van der Waals surface area contributed by atoms with Crippen LogP contribution in [0.5, 0.6) is 0 Å². The van der Waals surface area contributed by atoms with Crippen molar-refractivity contribution in [2.75, 3.05) is 24.6 Å². The Balaban J connectivity index is 1.34. The van der Waals surface area contributed by atoms with Gasteiger partial charge in [-0.3, -0.25) is 4.79 Å². The monoisotopic (exact) mass is 378 g/mol. The molecule has 2 saturated heterocycles. The van der Waals surface area contributed by atoms with Gasteiger partial charge in [-0.1, -0.05) is 24.3 Å². The summed E-state index contributed by atoms with van der Waals surface area (Å²) in [4.78, 5) is 23.7. The number of ether oxygens (including phenoxy) is 1. The first kappa shape index (κ1) is 17.6. The third-order valence-electron chi connectivity index (χ3n) is 6.60. The highest BCUT2D eigenvalue weighted by molar-refractivity contribution is 5.81. The highest BCUT2D eigenvalue weighted by Crippen LogP contribution is 2.50. The molecule has 2 atom stereocenters. The number of nitrogens with one attached hydrogen (secondary N) is 1. The van der Waals surface area contributed by atoms with Crippen molar-refractivity contribution in [2.45, 2.75) is 49.7 Å². The van der Waals surface area contributed by atoms with Crippen LogP contribution < -0.4 is 10.2 Å². The molecule has 1 amide bonds. The summed E-state index contributed by atoms with van der Waals surface area (Å²) in [5.74, 6) is 0.858. The van der Waals surface area contributed by atoms with Crippen LogP contribution in [0.25, 0.3) is 0 Å². The first-order valence-electron chi connectivity index (χ1n) is 10.3. The van der Waals surface area contributed by atoms with Crippen molar-refractivity contribution in [1.29, 1.82) is 0 Å². The molecule has 5 rings (SSSR count). The molecule has 6 nitrogen and oxygen atoms in total. The lowest BCUT2D eigenvalue weighted by atomic mass is 9.73. The molecule has 2 aromatic rings. The second-order valence-electron chi connectivity index (χ2n) is 8.17. The summed E-state index contributed by atoms with van der Waals surface area (Å²) < 4.78 is 5.58. The van der Waals surface area contributed by atoms with Crippen LogP contribution in [0.1, 0.15) is 49.3 Å². The van der Waals surface area contributed by atoms with Gasteiger partial charge in [-0.2, -0.15) is 0 Å². The van der Waals surface area contributed by atoms with Crippen LogP contribution in [0, 0.1) is 0 Å². The predicted octanol–water partition coefficient (Wildman–Crippen LogP) is 2.75. The molecule has 3 aliphatic rings. The van der Waals surface area contributed by atoms with Crippen LogP contribution in [0.2, 0.25) is 0 Å². The number of carbonyl (C=O) groups is 1.